The Morgan fingerprint density at radius 2 is 2.56 bits per heavy atom. The van der Waals surface area contributed by atoms with E-state index in [0.29, 0.717) is 17.0 Å². The molecule has 0 saturated heterocycles. The Labute approximate surface area is 98.8 Å². The fourth-order valence-corrected chi connectivity index (χ4v) is 3.17. The van der Waals surface area contributed by atoms with Gasteiger partial charge in [-0.2, -0.15) is 27.2 Å². The third kappa shape index (κ3) is 2.75. The first kappa shape index (κ1) is 11.4. The van der Waals surface area contributed by atoms with E-state index in [1.807, 2.05) is 11.8 Å². The van der Waals surface area contributed by atoms with Crippen LogP contribution in [0.5, 0.6) is 0 Å². The minimum absolute atomic E-state index is 0.124. The Kier molecular flexibility index (Phi) is 3.82. The first-order chi connectivity index (χ1) is 7.79. The highest BCUT2D eigenvalue weighted by Crippen LogP contribution is 2.29. The first-order valence-electron chi connectivity index (χ1n) is 5.57. The minimum atomic E-state index is -0.124. The van der Waals surface area contributed by atoms with Crippen molar-refractivity contribution in [2.75, 3.05) is 5.75 Å². The van der Waals surface area contributed by atoms with E-state index < -0.39 is 0 Å². The van der Waals surface area contributed by atoms with Gasteiger partial charge in [0.2, 0.25) is 0 Å². The molecule has 16 heavy (non-hydrogen) atoms. The van der Waals surface area contributed by atoms with Gasteiger partial charge in [0.05, 0.1) is 6.20 Å². The summed E-state index contributed by atoms with van der Waals surface area (Å²) < 4.78 is 0. The predicted molar refractivity (Wildman–Crippen MR) is 63.4 cm³/mol. The second-order valence-corrected chi connectivity index (χ2v) is 5.49. The molecule has 0 radical (unpaired) electrons. The van der Waals surface area contributed by atoms with Gasteiger partial charge in [-0.1, -0.05) is 6.92 Å². The molecule has 1 aromatic heterocycles. The predicted octanol–water partition coefficient (Wildman–Crippen LogP) is 1.21. The van der Waals surface area contributed by atoms with E-state index in [2.05, 4.69) is 27.7 Å². The molecular formula is C10H16N4OS. The molecule has 0 aromatic carbocycles. The van der Waals surface area contributed by atoms with Crippen molar-refractivity contribution in [3.05, 3.63) is 11.9 Å². The van der Waals surface area contributed by atoms with Gasteiger partial charge in [-0.25, -0.2) is 0 Å². The summed E-state index contributed by atoms with van der Waals surface area (Å²) in [6.07, 6.45) is 4.79. The molecule has 2 atom stereocenters. The Bertz CT molecular complexity index is 341. The number of hydrogen-bond acceptors (Lipinski definition) is 4. The van der Waals surface area contributed by atoms with Crippen LogP contribution in [0.2, 0.25) is 0 Å². The standard InChI is InChI=1S/C10H16N4OS/c1-2-16-8-4-3-7(5-8)12-10(15)9-6-11-14-13-9/h6-8H,2-5H2,1H3,(H,12,15)(H,11,13,14). The molecular weight excluding hydrogens is 224 g/mol. The summed E-state index contributed by atoms with van der Waals surface area (Å²) in [6.45, 7) is 2.17. The monoisotopic (exact) mass is 240 g/mol. The number of nitrogens with zero attached hydrogens (tertiary/aromatic N) is 2. The lowest BCUT2D eigenvalue weighted by atomic mass is 10.2. The molecule has 1 aromatic rings. The van der Waals surface area contributed by atoms with Gasteiger partial charge in [0.1, 0.15) is 0 Å². The Morgan fingerprint density at radius 3 is 3.25 bits per heavy atom. The van der Waals surface area contributed by atoms with Gasteiger partial charge >= 0.3 is 0 Å². The smallest absolute Gasteiger partial charge is 0.273 e. The summed E-state index contributed by atoms with van der Waals surface area (Å²) >= 11 is 1.98. The number of nitrogens with one attached hydrogen (secondary N) is 2. The zero-order valence-corrected chi connectivity index (χ0v) is 10.1. The van der Waals surface area contributed by atoms with Crippen LogP contribution in [0.25, 0.3) is 0 Å². The van der Waals surface area contributed by atoms with Gasteiger partial charge in [0.15, 0.2) is 5.69 Å². The summed E-state index contributed by atoms with van der Waals surface area (Å²) in [5.74, 6) is 1.02. The molecule has 2 unspecified atom stereocenters. The molecule has 6 heteroatoms. The number of aromatic amines is 1. The zero-order chi connectivity index (χ0) is 11.4. The molecule has 5 nitrogen and oxygen atoms in total. The second kappa shape index (κ2) is 5.34. The van der Waals surface area contributed by atoms with Crippen LogP contribution in [0.4, 0.5) is 0 Å². The summed E-state index contributed by atoms with van der Waals surface area (Å²) in [6, 6.07) is 0.299. The molecule has 0 spiro atoms. The topological polar surface area (TPSA) is 70.7 Å². The van der Waals surface area contributed by atoms with E-state index in [-0.39, 0.29) is 5.91 Å². The van der Waals surface area contributed by atoms with Gasteiger partial charge in [-0.3, -0.25) is 4.79 Å². The minimum Gasteiger partial charge on any atom is -0.348 e. The lowest BCUT2D eigenvalue weighted by molar-refractivity contribution is 0.0933. The molecule has 88 valence electrons. The largest absolute Gasteiger partial charge is 0.348 e. The normalized spacial score (nSPS) is 24.6. The van der Waals surface area contributed by atoms with Crippen LogP contribution in [-0.4, -0.2) is 38.4 Å². The summed E-state index contributed by atoms with van der Waals surface area (Å²) in [5, 5.41) is 13.5. The Balaban J connectivity index is 1.81. The van der Waals surface area contributed by atoms with Crippen molar-refractivity contribution >= 4 is 17.7 Å². The average Bonchev–Trinajstić information content (AvgIpc) is 2.89. The highest BCUT2D eigenvalue weighted by Gasteiger charge is 2.26. The number of aromatic nitrogens is 3. The highest BCUT2D eigenvalue weighted by molar-refractivity contribution is 7.99. The van der Waals surface area contributed by atoms with Crippen molar-refractivity contribution in [2.45, 2.75) is 37.5 Å². The van der Waals surface area contributed by atoms with E-state index in [0.717, 1.165) is 18.6 Å². The van der Waals surface area contributed by atoms with E-state index in [9.17, 15) is 4.79 Å². The number of carbonyl (C=O) groups is 1. The van der Waals surface area contributed by atoms with Gasteiger partial charge in [0.25, 0.3) is 5.91 Å². The molecule has 1 aliphatic carbocycles. The molecule has 1 aliphatic rings. The zero-order valence-electron chi connectivity index (χ0n) is 9.27. The van der Waals surface area contributed by atoms with Crippen LogP contribution >= 0.6 is 11.8 Å². The lowest BCUT2D eigenvalue weighted by Gasteiger charge is -2.11. The van der Waals surface area contributed by atoms with Crippen molar-refractivity contribution in [3.8, 4) is 0 Å². The second-order valence-electron chi connectivity index (χ2n) is 3.92. The van der Waals surface area contributed by atoms with E-state index in [1.165, 1.54) is 12.6 Å². The molecule has 0 bridgehead atoms. The van der Waals surface area contributed by atoms with Crippen LogP contribution in [-0.2, 0) is 0 Å². The van der Waals surface area contributed by atoms with Gasteiger partial charge in [-0.15, -0.1) is 0 Å². The van der Waals surface area contributed by atoms with Gasteiger partial charge in [0, 0.05) is 11.3 Å². The molecule has 2 N–H and O–H groups in total. The maximum Gasteiger partial charge on any atom is 0.273 e. The number of hydrogen-bond donors (Lipinski definition) is 2. The maximum absolute atomic E-state index is 11.7. The number of thioether (sulfide) groups is 1. The molecule has 2 rings (SSSR count). The lowest BCUT2D eigenvalue weighted by Crippen LogP contribution is -2.33. The molecule has 1 fully saturated rings. The van der Waals surface area contributed by atoms with Crippen molar-refractivity contribution in [3.63, 3.8) is 0 Å². The average molecular weight is 240 g/mol. The fraction of sp³-hybridized carbons (Fsp3) is 0.700. The molecule has 1 heterocycles. The van der Waals surface area contributed by atoms with Crippen LogP contribution < -0.4 is 5.32 Å². The quantitative estimate of drug-likeness (QED) is 0.830. The van der Waals surface area contributed by atoms with E-state index in [4.69, 9.17) is 0 Å². The number of rotatable bonds is 4. The van der Waals surface area contributed by atoms with Crippen LogP contribution in [0.15, 0.2) is 6.20 Å². The summed E-state index contributed by atoms with van der Waals surface area (Å²) in [5.41, 5.74) is 0.367. The number of amides is 1. The van der Waals surface area contributed by atoms with E-state index >= 15 is 0 Å². The Morgan fingerprint density at radius 1 is 1.69 bits per heavy atom. The number of H-pyrrole nitrogens is 1. The summed E-state index contributed by atoms with van der Waals surface area (Å²) in [7, 11) is 0. The Hall–Kier alpha value is -1.04. The maximum atomic E-state index is 11.7. The van der Waals surface area contributed by atoms with Crippen molar-refractivity contribution in [1.29, 1.82) is 0 Å². The van der Waals surface area contributed by atoms with Crippen molar-refractivity contribution < 1.29 is 4.79 Å². The van der Waals surface area contributed by atoms with Crippen molar-refractivity contribution in [1.82, 2.24) is 20.7 Å². The molecule has 1 saturated carbocycles. The van der Waals surface area contributed by atoms with Gasteiger partial charge < -0.3 is 5.32 Å². The van der Waals surface area contributed by atoms with Gasteiger partial charge in [-0.05, 0) is 25.0 Å². The van der Waals surface area contributed by atoms with Crippen molar-refractivity contribution in [2.24, 2.45) is 0 Å². The first-order valence-corrected chi connectivity index (χ1v) is 6.62. The fourth-order valence-electron chi connectivity index (χ4n) is 2.03. The highest BCUT2D eigenvalue weighted by atomic mass is 32.2. The van der Waals surface area contributed by atoms with Crippen LogP contribution in [0.3, 0.4) is 0 Å². The SMILES string of the molecule is CCSC1CCC(NC(=O)c2cn[nH]n2)C1. The molecule has 0 aliphatic heterocycles. The third-order valence-corrected chi connectivity index (χ3v) is 4.00. The van der Waals surface area contributed by atoms with Crippen LogP contribution in [0, 0.1) is 0 Å². The third-order valence-electron chi connectivity index (χ3n) is 2.77. The van der Waals surface area contributed by atoms with Crippen LogP contribution in [0.1, 0.15) is 36.7 Å². The number of carbonyl (C=O) groups excluding carboxylic acids is 1. The molecule has 1 amide bonds. The van der Waals surface area contributed by atoms with E-state index in [1.54, 1.807) is 0 Å². The summed E-state index contributed by atoms with van der Waals surface area (Å²) in [4.78, 5) is 11.7.